The highest BCUT2D eigenvalue weighted by Gasteiger charge is 2.46. The van der Waals surface area contributed by atoms with E-state index in [2.05, 4.69) is 47.6 Å². The maximum Gasteiger partial charge on any atom is 0.254 e. The van der Waals surface area contributed by atoms with Gasteiger partial charge in [-0.25, -0.2) is 0 Å². The van der Waals surface area contributed by atoms with Crippen LogP contribution in [0.3, 0.4) is 0 Å². The van der Waals surface area contributed by atoms with Crippen LogP contribution in [0, 0.1) is 23.7 Å². The number of aliphatic hydroxyl groups is 1. The number of carbonyl (C=O) groups is 1. The normalized spacial score (nSPS) is 23.9. The first-order chi connectivity index (χ1) is 17.9. The Morgan fingerprint density at radius 1 is 1.08 bits per heavy atom. The number of Topliss-reactive ketones (excluding diaryl/α,β-unsaturated/α-hetero) is 1. The standard InChI is InChI=1S/C31H34N2O4/c1-19(2)29(27-18-28(36-3)33-37-27)31(35)26-17-24(34)16-25(26)30-23(12-13-32-30)15-20-8-7-11-22(14-20)21-9-5-4-6-10-21/h4-14,18-19,23-26,29,34H,15-17H2,1-3H3/t23?,24-,25-,26?,29?/m1/s1. The molecule has 3 unspecified atom stereocenters. The fourth-order valence-corrected chi connectivity index (χ4v) is 5.93. The minimum absolute atomic E-state index is 0.0173. The first kappa shape index (κ1) is 25.2. The van der Waals surface area contributed by atoms with Crippen molar-refractivity contribution >= 4 is 11.5 Å². The van der Waals surface area contributed by atoms with Crippen molar-refractivity contribution in [2.45, 2.75) is 45.1 Å². The van der Waals surface area contributed by atoms with E-state index in [1.54, 1.807) is 6.07 Å². The third-order valence-electron chi connectivity index (χ3n) is 7.69. The van der Waals surface area contributed by atoms with Crippen LogP contribution in [0.25, 0.3) is 11.1 Å². The molecule has 5 atom stereocenters. The summed E-state index contributed by atoms with van der Waals surface area (Å²) in [4.78, 5) is 18.7. The molecule has 1 aliphatic carbocycles. The van der Waals surface area contributed by atoms with Crippen LogP contribution in [0.4, 0.5) is 0 Å². The van der Waals surface area contributed by atoms with Gasteiger partial charge < -0.3 is 14.4 Å². The topological polar surface area (TPSA) is 84.9 Å². The van der Waals surface area contributed by atoms with Gasteiger partial charge in [-0.1, -0.05) is 74.5 Å². The molecule has 6 nitrogen and oxygen atoms in total. The van der Waals surface area contributed by atoms with Crippen LogP contribution in [0.1, 0.15) is 43.9 Å². The number of aliphatic imine (C=N–C) groups is 1. The van der Waals surface area contributed by atoms with Crippen molar-refractivity contribution in [1.29, 1.82) is 0 Å². The van der Waals surface area contributed by atoms with Gasteiger partial charge in [-0.3, -0.25) is 9.79 Å². The summed E-state index contributed by atoms with van der Waals surface area (Å²) in [5.41, 5.74) is 4.59. The molecule has 2 heterocycles. The molecule has 1 saturated carbocycles. The summed E-state index contributed by atoms with van der Waals surface area (Å²) in [6.07, 6.45) is 5.24. The molecule has 5 rings (SSSR count). The Bertz CT molecular complexity index is 1290. The molecule has 192 valence electrons. The van der Waals surface area contributed by atoms with Crippen LogP contribution in [0.2, 0.25) is 0 Å². The third-order valence-corrected chi connectivity index (χ3v) is 7.69. The fourth-order valence-electron chi connectivity index (χ4n) is 5.93. The Balaban J connectivity index is 1.37. The summed E-state index contributed by atoms with van der Waals surface area (Å²) in [6.45, 7) is 4.02. The van der Waals surface area contributed by atoms with Crippen molar-refractivity contribution in [2.75, 3.05) is 7.11 Å². The van der Waals surface area contributed by atoms with E-state index in [1.807, 2.05) is 38.2 Å². The molecule has 0 spiro atoms. The number of rotatable bonds is 9. The minimum atomic E-state index is -0.526. The van der Waals surface area contributed by atoms with E-state index in [0.717, 1.165) is 12.1 Å². The second kappa shape index (κ2) is 10.9. The number of nitrogens with zero attached hydrogens (tertiary/aromatic N) is 2. The highest BCUT2D eigenvalue weighted by atomic mass is 16.5. The summed E-state index contributed by atoms with van der Waals surface area (Å²) in [7, 11) is 1.53. The second-order valence-corrected chi connectivity index (χ2v) is 10.5. The maximum atomic E-state index is 13.9. The van der Waals surface area contributed by atoms with Crippen molar-refractivity contribution in [3.05, 3.63) is 84.3 Å². The van der Waals surface area contributed by atoms with Crippen LogP contribution in [-0.4, -0.2) is 35.0 Å². The van der Waals surface area contributed by atoms with E-state index >= 15 is 0 Å². The number of benzene rings is 2. The Morgan fingerprint density at radius 3 is 2.59 bits per heavy atom. The largest absolute Gasteiger partial charge is 0.479 e. The van der Waals surface area contributed by atoms with E-state index in [4.69, 9.17) is 14.3 Å². The Morgan fingerprint density at radius 2 is 1.86 bits per heavy atom. The van der Waals surface area contributed by atoms with Gasteiger partial charge in [0.2, 0.25) is 0 Å². The van der Waals surface area contributed by atoms with Gasteiger partial charge in [0.25, 0.3) is 5.88 Å². The van der Waals surface area contributed by atoms with Crippen LogP contribution < -0.4 is 4.74 Å². The van der Waals surface area contributed by atoms with Crippen LogP contribution in [0.5, 0.6) is 5.88 Å². The molecule has 1 fully saturated rings. The summed E-state index contributed by atoms with van der Waals surface area (Å²) in [6, 6.07) is 20.7. The summed E-state index contributed by atoms with van der Waals surface area (Å²) < 4.78 is 10.7. The number of carbonyl (C=O) groups excluding carboxylic acids is 1. The van der Waals surface area contributed by atoms with Gasteiger partial charge in [-0.15, -0.1) is 0 Å². The average molecular weight is 499 g/mol. The van der Waals surface area contributed by atoms with Crippen molar-refractivity contribution in [3.63, 3.8) is 0 Å². The molecule has 1 aromatic heterocycles. The van der Waals surface area contributed by atoms with E-state index < -0.39 is 12.0 Å². The van der Waals surface area contributed by atoms with Crippen molar-refractivity contribution in [3.8, 4) is 17.0 Å². The molecule has 1 N–H and O–H groups in total. The van der Waals surface area contributed by atoms with Crippen molar-refractivity contribution in [1.82, 2.24) is 5.16 Å². The predicted molar refractivity (Wildman–Crippen MR) is 144 cm³/mol. The molecule has 0 bridgehead atoms. The first-order valence-corrected chi connectivity index (χ1v) is 13.1. The predicted octanol–water partition coefficient (Wildman–Crippen LogP) is 5.87. The Hall–Kier alpha value is -3.51. The van der Waals surface area contributed by atoms with Crippen molar-refractivity contribution < 1.29 is 19.2 Å². The lowest BCUT2D eigenvalue weighted by atomic mass is 9.75. The molecule has 0 radical (unpaired) electrons. The fraction of sp³-hybridized carbons (Fsp3) is 0.387. The SMILES string of the molecule is COc1cc(C(C(=O)C2C[C@H](O)C[C@H]2C2=NC=CC2Cc2cccc(-c3ccccc3)c2)C(C)C)on1. The lowest BCUT2D eigenvalue weighted by molar-refractivity contribution is -0.126. The molecule has 2 aromatic carbocycles. The zero-order valence-corrected chi connectivity index (χ0v) is 21.6. The van der Waals surface area contributed by atoms with Crippen molar-refractivity contribution in [2.24, 2.45) is 28.7 Å². The Labute approximate surface area is 218 Å². The quantitative estimate of drug-likeness (QED) is 0.399. The second-order valence-electron chi connectivity index (χ2n) is 10.5. The van der Waals surface area contributed by atoms with Gasteiger partial charge >= 0.3 is 0 Å². The Kier molecular flexibility index (Phi) is 7.38. The first-order valence-electron chi connectivity index (χ1n) is 13.1. The number of ketones is 1. The summed E-state index contributed by atoms with van der Waals surface area (Å²) in [5.74, 6) is 0.181. The van der Waals surface area contributed by atoms with Gasteiger partial charge in [0.1, 0.15) is 5.78 Å². The zero-order chi connectivity index (χ0) is 25.9. The number of allylic oxidation sites excluding steroid dienone is 1. The summed E-state index contributed by atoms with van der Waals surface area (Å²) >= 11 is 0. The molecule has 3 aromatic rings. The van der Waals surface area contributed by atoms with Crippen LogP contribution >= 0.6 is 0 Å². The molecule has 0 saturated heterocycles. The summed E-state index contributed by atoms with van der Waals surface area (Å²) in [5, 5.41) is 14.6. The number of methoxy groups -OCH3 is 1. The van der Waals surface area contributed by atoms with Gasteiger partial charge in [-0.2, -0.15) is 0 Å². The third kappa shape index (κ3) is 5.30. The van der Waals surface area contributed by atoms with E-state index in [0.29, 0.717) is 24.5 Å². The van der Waals surface area contributed by atoms with Gasteiger partial charge in [0.15, 0.2) is 5.76 Å². The van der Waals surface area contributed by atoms with E-state index in [-0.39, 0.29) is 29.5 Å². The molecular formula is C31H34N2O4. The molecule has 0 amide bonds. The highest BCUT2D eigenvalue weighted by Crippen LogP contribution is 2.42. The number of aromatic nitrogens is 1. The van der Waals surface area contributed by atoms with Crippen LogP contribution in [0.15, 0.2) is 82.5 Å². The monoisotopic (exact) mass is 498 g/mol. The molecule has 2 aliphatic rings. The van der Waals surface area contributed by atoms with Crippen LogP contribution in [-0.2, 0) is 11.2 Å². The lowest BCUT2D eigenvalue weighted by Gasteiger charge is -2.27. The molecule has 1 aliphatic heterocycles. The number of hydrogen-bond acceptors (Lipinski definition) is 6. The van der Waals surface area contributed by atoms with Gasteiger partial charge in [0.05, 0.1) is 19.1 Å². The molecule has 37 heavy (non-hydrogen) atoms. The number of aliphatic hydroxyl groups excluding tert-OH is 1. The highest BCUT2D eigenvalue weighted by molar-refractivity contribution is 5.99. The number of hydrogen-bond donors (Lipinski definition) is 1. The maximum absolute atomic E-state index is 13.9. The molecule has 6 heteroatoms. The molecular weight excluding hydrogens is 464 g/mol. The van der Waals surface area contributed by atoms with E-state index in [1.165, 1.54) is 23.8 Å². The smallest absolute Gasteiger partial charge is 0.254 e. The van der Waals surface area contributed by atoms with Gasteiger partial charge in [0, 0.05) is 35.7 Å². The lowest BCUT2D eigenvalue weighted by Crippen LogP contribution is -2.33. The zero-order valence-electron chi connectivity index (χ0n) is 21.6. The number of ether oxygens (including phenoxy) is 1. The van der Waals surface area contributed by atoms with Gasteiger partial charge in [-0.05, 0) is 47.0 Å². The average Bonchev–Trinajstić information content (AvgIpc) is 3.64. The van der Waals surface area contributed by atoms with E-state index in [9.17, 15) is 9.90 Å². The minimum Gasteiger partial charge on any atom is -0.479 e.